The normalized spacial score (nSPS) is 18.8. The van der Waals surface area contributed by atoms with E-state index in [2.05, 4.69) is 38.8 Å². The van der Waals surface area contributed by atoms with Crippen molar-refractivity contribution in [2.45, 2.75) is 51.7 Å². The van der Waals surface area contributed by atoms with Gasteiger partial charge in [-0.05, 0) is 69.8 Å². The number of hydrogen-bond donors (Lipinski definition) is 0. The lowest BCUT2D eigenvalue weighted by Crippen LogP contribution is -2.45. The standard InChI is InChI=1S/C27H33F4N3O2/c1-26(2,3)33(4)15-21-17-35-25(36-18-21)11-12-34(22-8-5-19(14-32)6-9-22)16-20-7-10-23(24(28)13-20)27(29,30)31/h5-10,13,21,25H,11-12,15-18H2,1-4H3. The fourth-order valence-corrected chi connectivity index (χ4v) is 3.93. The zero-order valence-electron chi connectivity index (χ0n) is 21.1. The van der Waals surface area contributed by atoms with E-state index in [9.17, 15) is 17.6 Å². The summed E-state index contributed by atoms with van der Waals surface area (Å²) in [5.74, 6) is -1.04. The molecule has 1 heterocycles. The summed E-state index contributed by atoms with van der Waals surface area (Å²) in [7, 11) is 2.08. The predicted molar refractivity (Wildman–Crippen MR) is 130 cm³/mol. The maximum absolute atomic E-state index is 14.2. The number of nitriles is 1. The van der Waals surface area contributed by atoms with Crippen LogP contribution in [0.3, 0.4) is 0 Å². The lowest BCUT2D eigenvalue weighted by Gasteiger charge is -2.37. The van der Waals surface area contributed by atoms with Gasteiger partial charge in [-0.15, -0.1) is 0 Å². The average Bonchev–Trinajstić information content (AvgIpc) is 2.81. The van der Waals surface area contributed by atoms with Crippen LogP contribution >= 0.6 is 0 Å². The Morgan fingerprint density at radius 1 is 1.03 bits per heavy atom. The number of rotatable bonds is 8. The number of nitrogens with zero attached hydrogens (tertiary/aromatic N) is 3. The largest absolute Gasteiger partial charge is 0.419 e. The van der Waals surface area contributed by atoms with Crippen molar-refractivity contribution in [2.24, 2.45) is 5.92 Å². The van der Waals surface area contributed by atoms with Gasteiger partial charge in [-0.1, -0.05) is 6.07 Å². The second-order valence-corrected chi connectivity index (χ2v) is 10.2. The molecule has 196 valence electrons. The first kappa shape index (κ1) is 27.9. The van der Waals surface area contributed by atoms with Gasteiger partial charge in [-0.2, -0.15) is 18.4 Å². The third-order valence-corrected chi connectivity index (χ3v) is 6.42. The molecule has 1 aliphatic heterocycles. The van der Waals surface area contributed by atoms with Gasteiger partial charge < -0.3 is 19.3 Å². The van der Waals surface area contributed by atoms with E-state index in [-0.39, 0.29) is 18.0 Å². The highest BCUT2D eigenvalue weighted by molar-refractivity contribution is 5.50. The maximum Gasteiger partial charge on any atom is 0.419 e. The smallest absolute Gasteiger partial charge is 0.367 e. The highest BCUT2D eigenvalue weighted by Gasteiger charge is 2.34. The first-order chi connectivity index (χ1) is 16.9. The van der Waals surface area contributed by atoms with Crippen molar-refractivity contribution < 1.29 is 27.0 Å². The molecule has 0 saturated carbocycles. The van der Waals surface area contributed by atoms with E-state index < -0.39 is 23.8 Å². The molecule has 1 saturated heterocycles. The quantitative estimate of drug-likeness (QED) is 0.421. The Balaban J connectivity index is 1.65. The highest BCUT2D eigenvalue weighted by atomic mass is 19.4. The summed E-state index contributed by atoms with van der Waals surface area (Å²) < 4.78 is 64.9. The van der Waals surface area contributed by atoms with Gasteiger partial charge in [0, 0.05) is 43.2 Å². The second-order valence-electron chi connectivity index (χ2n) is 10.2. The summed E-state index contributed by atoms with van der Waals surface area (Å²) in [6.45, 7) is 9.12. The minimum absolute atomic E-state index is 0.0518. The molecular weight excluding hydrogens is 474 g/mol. The van der Waals surface area contributed by atoms with Crippen molar-refractivity contribution >= 4 is 5.69 Å². The molecule has 5 nitrogen and oxygen atoms in total. The van der Waals surface area contributed by atoms with E-state index in [1.165, 1.54) is 6.07 Å². The molecule has 9 heteroatoms. The summed E-state index contributed by atoms with van der Waals surface area (Å²) in [6.07, 6.45) is -4.64. The van der Waals surface area contributed by atoms with Gasteiger partial charge in [0.05, 0.1) is 30.4 Å². The van der Waals surface area contributed by atoms with Gasteiger partial charge in [0.2, 0.25) is 0 Å². The molecule has 0 aromatic heterocycles. The van der Waals surface area contributed by atoms with Crippen LogP contribution in [0, 0.1) is 23.1 Å². The van der Waals surface area contributed by atoms with E-state index >= 15 is 0 Å². The first-order valence-electron chi connectivity index (χ1n) is 11.9. The van der Waals surface area contributed by atoms with E-state index in [0.29, 0.717) is 37.3 Å². The van der Waals surface area contributed by atoms with Crippen LogP contribution < -0.4 is 4.90 Å². The zero-order valence-corrected chi connectivity index (χ0v) is 21.1. The van der Waals surface area contributed by atoms with E-state index in [0.717, 1.165) is 24.4 Å². The molecule has 0 atom stereocenters. The molecule has 0 spiro atoms. The van der Waals surface area contributed by atoms with Crippen molar-refractivity contribution in [1.82, 2.24) is 4.90 Å². The molecule has 0 N–H and O–H groups in total. The van der Waals surface area contributed by atoms with Gasteiger partial charge in [0.1, 0.15) is 5.82 Å². The molecule has 2 aromatic carbocycles. The van der Waals surface area contributed by atoms with Crippen LogP contribution in [0.25, 0.3) is 0 Å². The lowest BCUT2D eigenvalue weighted by atomic mass is 10.0. The number of ether oxygens (including phenoxy) is 2. The fourth-order valence-electron chi connectivity index (χ4n) is 3.93. The topological polar surface area (TPSA) is 48.7 Å². The van der Waals surface area contributed by atoms with Crippen LogP contribution in [0.4, 0.5) is 23.2 Å². The Labute approximate surface area is 210 Å². The van der Waals surface area contributed by atoms with Crippen LogP contribution in [0.15, 0.2) is 42.5 Å². The Morgan fingerprint density at radius 2 is 1.67 bits per heavy atom. The van der Waals surface area contributed by atoms with Crippen molar-refractivity contribution in [2.75, 3.05) is 38.3 Å². The Hall–Kier alpha value is -2.67. The maximum atomic E-state index is 14.2. The molecule has 0 unspecified atom stereocenters. The Kier molecular flexibility index (Phi) is 8.98. The van der Waals surface area contributed by atoms with Crippen LogP contribution in [-0.4, -0.2) is 50.1 Å². The van der Waals surface area contributed by atoms with E-state index in [1.54, 1.807) is 24.3 Å². The second kappa shape index (κ2) is 11.6. The van der Waals surface area contributed by atoms with Crippen LogP contribution in [0.1, 0.15) is 43.9 Å². The summed E-state index contributed by atoms with van der Waals surface area (Å²) in [5, 5.41) is 9.09. The van der Waals surface area contributed by atoms with Crippen molar-refractivity contribution in [3.63, 3.8) is 0 Å². The zero-order chi connectivity index (χ0) is 26.5. The van der Waals surface area contributed by atoms with Crippen molar-refractivity contribution in [1.29, 1.82) is 5.26 Å². The molecule has 0 aliphatic carbocycles. The molecule has 0 bridgehead atoms. The number of hydrogen-bond acceptors (Lipinski definition) is 5. The minimum Gasteiger partial charge on any atom is -0.367 e. The van der Waals surface area contributed by atoms with Gasteiger partial charge in [-0.25, -0.2) is 4.39 Å². The molecule has 0 radical (unpaired) electrons. The molecule has 36 heavy (non-hydrogen) atoms. The van der Waals surface area contributed by atoms with E-state index in [1.807, 2.05) is 4.90 Å². The van der Waals surface area contributed by atoms with Crippen LogP contribution in [0.5, 0.6) is 0 Å². The summed E-state index contributed by atoms with van der Waals surface area (Å²) in [5.41, 5.74) is 0.419. The minimum atomic E-state index is -4.75. The lowest BCUT2D eigenvalue weighted by molar-refractivity contribution is -0.204. The Bertz CT molecular complexity index is 1040. The third-order valence-electron chi connectivity index (χ3n) is 6.42. The Morgan fingerprint density at radius 3 is 2.19 bits per heavy atom. The van der Waals surface area contributed by atoms with Crippen molar-refractivity contribution in [3.05, 3.63) is 65.0 Å². The molecule has 1 fully saturated rings. The number of anilines is 1. The van der Waals surface area contributed by atoms with Gasteiger partial charge in [0.25, 0.3) is 0 Å². The summed E-state index contributed by atoms with van der Waals surface area (Å²) >= 11 is 0. The van der Waals surface area contributed by atoms with Crippen LogP contribution in [0.2, 0.25) is 0 Å². The molecule has 2 aromatic rings. The average molecular weight is 508 g/mol. The van der Waals surface area contributed by atoms with E-state index in [4.69, 9.17) is 14.7 Å². The third kappa shape index (κ3) is 7.66. The predicted octanol–water partition coefficient (Wildman–Crippen LogP) is 5.83. The highest BCUT2D eigenvalue weighted by Crippen LogP contribution is 2.32. The fraction of sp³-hybridized carbons (Fsp3) is 0.519. The van der Waals surface area contributed by atoms with Crippen LogP contribution in [-0.2, 0) is 22.2 Å². The van der Waals surface area contributed by atoms with Gasteiger partial charge in [-0.3, -0.25) is 0 Å². The summed E-state index contributed by atoms with van der Waals surface area (Å²) in [4.78, 5) is 4.18. The molecule has 3 rings (SSSR count). The molecule has 0 amide bonds. The first-order valence-corrected chi connectivity index (χ1v) is 11.9. The number of benzene rings is 2. The summed E-state index contributed by atoms with van der Waals surface area (Å²) in [6, 6.07) is 11.9. The molecular formula is C27H33F4N3O2. The van der Waals surface area contributed by atoms with Crippen molar-refractivity contribution in [3.8, 4) is 6.07 Å². The SMILES string of the molecule is CN(CC1COC(CCN(Cc2ccc(C(F)(F)F)c(F)c2)c2ccc(C#N)cc2)OC1)C(C)(C)C. The van der Waals surface area contributed by atoms with Gasteiger partial charge >= 0.3 is 6.18 Å². The molecule has 1 aliphatic rings. The van der Waals surface area contributed by atoms with Gasteiger partial charge in [0.15, 0.2) is 6.29 Å². The number of halogens is 4. The monoisotopic (exact) mass is 507 g/mol. The number of alkyl halides is 3.